The van der Waals surface area contributed by atoms with Crippen LogP contribution in [0.15, 0.2) is 91.3 Å². The molecule has 0 saturated carbocycles. The van der Waals surface area contributed by atoms with E-state index in [4.69, 9.17) is 28.4 Å². The molecule has 0 bridgehead atoms. The minimum atomic E-state index is 0.562. The van der Waals surface area contributed by atoms with Crippen LogP contribution in [0.25, 0.3) is 21.5 Å². The standard InChI is InChI=1S/C39H40N2O6/c1-40-16-14-26-9-11-29(42-3)22-31(26)33(40)18-25-8-13-35(44-5)39(19-25)47-36-24-38(46-7)37(45-6)21-28(36)20-34-32-23-30(43-4)12-10-27(32)15-17-41(34)2/h8-17,19,21-24H,18,20H2,1-7H3/q+2. The molecule has 8 heteroatoms. The SMILES string of the molecule is COc1ccc2cc[n+](C)c(Cc3ccc(OC)c(Oc4cc(OC)c(OC)cc4Cc4c5cc(OC)ccc5cc[n+]4C)c3)c2c1. The van der Waals surface area contributed by atoms with Crippen LogP contribution in [0.1, 0.15) is 22.5 Å². The summed E-state index contributed by atoms with van der Waals surface area (Å²) in [6, 6.07) is 26.4. The lowest BCUT2D eigenvalue weighted by Gasteiger charge is -2.18. The topological polar surface area (TPSA) is 63.1 Å². The van der Waals surface area contributed by atoms with E-state index in [-0.39, 0.29) is 0 Å². The van der Waals surface area contributed by atoms with Gasteiger partial charge >= 0.3 is 0 Å². The summed E-state index contributed by atoms with van der Waals surface area (Å²) < 4.78 is 39.4. The van der Waals surface area contributed by atoms with Crippen molar-refractivity contribution >= 4 is 21.5 Å². The zero-order valence-corrected chi connectivity index (χ0v) is 27.9. The minimum absolute atomic E-state index is 0.562. The Labute approximate surface area is 275 Å². The number of hydrogen-bond donors (Lipinski definition) is 0. The lowest BCUT2D eigenvalue weighted by molar-refractivity contribution is -0.677. The summed E-state index contributed by atoms with van der Waals surface area (Å²) in [5, 5.41) is 4.50. The van der Waals surface area contributed by atoms with E-state index in [1.807, 2.05) is 43.4 Å². The van der Waals surface area contributed by atoms with Gasteiger partial charge in [0.05, 0.1) is 59.2 Å². The average Bonchev–Trinajstić information content (AvgIpc) is 3.10. The van der Waals surface area contributed by atoms with E-state index < -0.39 is 0 Å². The molecule has 8 nitrogen and oxygen atoms in total. The molecular formula is C39H40N2O6+2. The van der Waals surface area contributed by atoms with Gasteiger partial charge in [0.15, 0.2) is 46.8 Å². The Morgan fingerprint density at radius 3 is 1.57 bits per heavy atom. The van der Waals surface area contributed by atoms with Crippen LogP contribution >= 0.6 is 0 Å². The van der Waals surface area contributed by atoms with Crippen LogP contribution in [0.5, 0.6) is 40.2 Å². The molecule has 0 spiro atoms. The number of rotatable bonds is 11. The van der Waals surface area contributed by atoms with Gasteiger partial charge in [-0.3, -0.25) is 0 Å². The van der Waals surface area contributed by atoms with Gasteiger partial charge in [0.25, 0.3) is 0 Å². The van der Waals surface area contributed by atoms with Crippen LogP contribution < -0.4 is 37.6 Å². The van der Waals surface area contributed by atoms with Crippen molar-refractivity contribution in [3.05, 3.63) is 114 Å². The molecule has 0 amide bonds. The fourth-order valence-corrected chi connectivity index (χ4v) is 6.04. The molecule has 0 N–H and O–H groups in total. The Morgan fingerprint density at radius 2 is 1.02 bits per heavy atom. The van der Waals surface area contributed by atoms with Crippen LogP contribution in [-0.2, 0) is 26.9 Å². The van der Waals surface area contributed by atoms with Gasteiger partial charge in [-0.15, -0.1) is 0 Å². The first-order chi connectivity index (χ1) is 22.8. The van der Waals surface area contributed by atoms with Gasteiger partial charge in [0.2, 0.25) is 0 Å². The molecule has 240 valence electrons. The van der Waals surface area contributed by atoms with Crippen LogP contribution in [0, 0.1) is 0 Å². The summed E-state index contributed by atoms with van der Waals surface area (Å²) in [6.45, 7) is 0. The molecule has 2 aromatic heterocycles. The number of ether oxygens (including phenoxy) is 6. The smallest absolute Gasteiger partial charge is 0.193 e. The zero-order chi connectivity index (χ0) is 33.1. The number of benzene rings is 4. The largest absolute Gasteiger partial charge is 0.497 e. The number of pyridine rings is 2. The Morgan fingerprint density at radius 1 is 0.468 bits per heavy atom. The highest BCUT2D eigenvalue weighted by Crippen LogP contribution is 2.41. The second kappa shape index (κ2) is 13.5. The normalized spacial score (nSPS) is 11.0. The minimum Gasteiger partial charge on any atom is -0.497 e. The molecule has 0 radical (unpaired) electrons. The summed E-state index contributed by atoms with van der Waals surface area (Å²) in [4.78, 5) is 0. The van der Waals surface area contributed by atoms with Crippen molar-refractivity contribution in [1.82, 2.24) is 0 Å². The van der Waals surface area contributed by atoms with E-state index in [1.165, 1.54) is 0 Å². The Hall–Kier alpha value is -5.50. The van der Waals surface area contributed by atoms with Crippen LogP contribution in [-0.4, -0.2) is 35.5 Å². The Balaban J connectivity index is 1.43. The molecule has 6 aromatic rings. The predicted octanol–water partition coefficient (Wildman–Crippen LogP) is 6.66. The molecule has 0 unspecified atom stereocenters. The molecule has 47 heavy (non-hydrogen) atoms. The average molecular weight is 633 g/mol. The van der Waals surface area contributed by atoms with Gasteiger partial charge in [-0.1, -0.05) is 18.2 Å². The maximum absolute atomic E-state index is 6.75. The fraction of sp³-hybridized carbons (Fsp3) is 0.231. The van der Waals surface area contributed by atoms with E-state index in [0.717, 1.165) is 55.6 Å². The van der Waals surface area contributed by atoms with Crippen molar-refractivity contribution in [2.24, 2.45) is 14.1 Å². The summed E-state index contributed by atoms with van der Waals surface area (Å²) >= 11 is 0. The molecule has 6 rings (SSSR count). The van der Waals surface area contributed by atoms with Gasteiger partial charge in [-0.25, -0.2) is 9.13 Å². The van der Waals surface area contributed by atoms with E-state index in [9.17, 15) is 0 Å². The third-order valence-corrected chi connectivity index (χ3v) is 8.69. The van der Waals surface area contributed by atoms with Crippen molar-refractivity contribution < 1.29 is 37.6 Å². The molecule has 2 heterocycles. The maximum Gasteiger partial charge on any atom is 0.193 e. The van der Waals surface area contributed by atoms with Crippen LogP contribution in [0.2, 0.25) is 0 Å². The van der Waals surface area contributed by atoms with Gasteiger partial charge < -0.3 is 28.4 Å². The number of aryl methyl sites for hydroxylation is 2. The number of nitrogens with zero attached hydrogens (tertiary/aromatic N) is 2. The number of methoxy groups -OCH3 is 5. The quantitative estimate of drug-likeness (QED) is 0.149. The highest BCUT2D eigenvalue weighted by molar-refractivity contribution is 5.86. The Kier molecular flexibility index (Phi) is 9.02. The molecule has 0 aliphatic rings. The van der Waals surface area contributed by atoms with Crippen molar-refractivity contribution in [3.63, 3.8) is 0 Å². The van der Waals surface area contributed by atoms with E-state index in [1.54, 1.807) is 35.5 Å². The first-order valence-electron chi connectivity index (χ1n) is 15.4. The molecule has 0 saturated heterocycles. The third kappa shape index (κ3) is 6.31. The van der Waals surface area contributed by atoms with Gasteiger partial charge in [0.1, 0.15) is 31.3 Å². The number of fused-ring (bicyclic) bond motifs is 2. The lowest BCUT2D eigenvalue weighted by Crippen LogP contribution is -2.33. The van der Waals surface area contributed by atoms with E-state index in [0.29, 0.717) is 41.6 Å². The second-order valence-electron chi connectivity index (χ2n) is 11.4. The van der Waals surface area contributed by atoms with Gasteiger partial charge in [0, 0.05) is 23.8 Å². The van der Waals surface area contributed by atoms with Crippen molar-refractivity contribution in [2.45, 2.75) is 12.8 Å². The van der Waals surface area contributed by atoms with Crippen molar-refractivity contribution in [3.8, 4) is 40.2 Å². The molecule has 4 aromatic carbocycles. The van der Waals surface area contributed by atoms with Crippen molar-refractivity contribution in [1.29, 1.82) is 0 Å². The first kappa shape index (κ1) is 31.5. The highest BCUT2D eigenvalue weighted by Gasteiger charge is 2.22. The summed E-state index contributed by atoms with van der Waals surface area (Å²) in [6.07, 6.45) is 5.39. The third-order valence-electron chi connectivity index (χ3n) is 8.69. The number of hydrogen-bond acceptors (Lipinski definition) is 6. The molecular weight excluding hydrogens is 592 g/mol. The Bertz CT molecular complexity index is 2090. The zero-order valence-electron chi connectivity index (χ0n) is 27.9. The van der Waals surface area contributed by atoms with E-state index >= 15 is 0 Å². The maximum atomic E-state index is 6.75. The van der Waals surface area contributed by atoms with Crippen LogP contribution in [0.4, 0.5) is 0 Å². The molecule has 0 atom stereocenters. The fourth-order valence-electron chi connectivity index (χ4n) is 6.04. The van der Waals surface area contributed by atoms with Crippen LogP contribution in [0.3, 0.4) is 0 Å². The first-order valence-corrected chi connectivity index (χ1v) is 15.4. The van der Waals surface area contributed by atoms with Crippen molar-refractivity contribution in [2.75, 3.05) is 35.5 Å². The van der Waals surface area contributed by atoms with Gasteiger partial charge in [-0.05, 0) is 58.8 Å². The summed E-state index contributed by atoms with van der Waals surface area (Å²) in [5.74, 6) is 4.67. The highest BCUT2D eigenvalue weighted by atomic mass is 16.5. The van der Waals surface area contributed by atoms with Gasteiger partial charge in [-0.2, -0.15) is 0 Å². The predicted molar refractivity (Wildman–Crippen MR) is 182 cm³/mol. The molecule has 0 fully saturated rings. The monoisotopic (exact) mass is 632 g/mol. The van der Waals surface area contributed by atoms with E-state index in [2.05, 4.69) is 71.0 Å². The summed E-state index contributed by atoms with van der Waals surface area (Å²) in [7, 11) is 12.4. The second-order valence-corrected chi connectivity index (χ2v) is 11.4. The lowest BCUT2D eigenvalue weighted by atomic mass is 10.0. The summed E-state index contributed by atoms with van der Waals surface area (Å²) in [5.41, 5.74) is 4.25. The molecule has 0 aliphatic carbocycles. The molecule has 0 aliphatic heterocycles. The number of aromatic nitrogens is 2.